The van der Waals surface area contributed by atoms with Gasteiger partial charge in [0.15, 0.2) is 0 Å². The van der Waals surface area contributed by atoms with Gasteiger partial charge in [-0.15, -0.1) is 0 Å². The Morgan fingerprint density at radius 1 is 0.976 bits per heavy atom. The van der Waals surface area contributed by atoms with Crippen molar-refractivity contribution in [3.63, 3.8) is 0 Å². The topological polar surface area (TPSA) is 69.6 Å². The average molecular weight is 584 g/mol. The van der Waals surface area contributed by atoms with Gasteiger partial charge in [-0.1, -0.05) is 52.8 Å². The molecule has 1 aromatic heterocycles. The standard InChI is InChI=1S/C31H38F3N5O.C2H6/c1-20-26(19-35-5)25(18-28(36-20)30(2,3)4)21-10-13-23(14-11-21)37-29(40)38-24-15-12-22(9-8-16-39(6)7)27(17-24)31(32,33)34;1-2/h10-15,17-19H,8-9,16H2,1-7H3,(H2,37,38,40);1-2H3. The summed E-state index contributed by atoms with van der Waals surface area (Å²) >= 11 is 0. The number of benzene rings is 2. The molecule has 0 aliphatic rings. The van der Waals surface area contributed by atoms with Gasteiger partial charge in [-0.3, -0.25) is 9.98 Å². The van der Waals surface area contributed by atoms with Crippen molar-refractivity contribution in [2.45, 2.75) is 66.0 Å². The van der Waals surface area contributed by atoms with Crippen LogP contribution in [-0.2, 0) is 18.0 Å². The molecule has 3 rings (SSSR count). The molecule has 2 N–H and O–H groups in total. The summed E-state index contributed by atoms with van der Waals surface area (Å²) in [4.78, 5) is 23.5. The van der Waals surface area contributed by atoms with Gasteiger partial charge in [0.05, 0.1) is 5.56 Å². The Morgan fingerprint density at radius 2 is 1.57 bits per heavy atom. The molecule has 1 heterocycles. The fraction of sp³-hybridized carbons (Fsp3) is 0.424. The van der Waals surface area contributed by atoms with E-state index in [1.165, 1.54) is 12.1 Å². The first kappa shape index (κ1) is 34.5. The summed E-state index contributed by atoms with van der Waals surface area (Å²) in [6, 6.07) is 12.6. The Labute approximate surface area is 248 Å². The van der Waals surface area contributed by atoms with Gasteiger partial charge in [0.1, 0.15) is 0 Å². The van der Waals surface area contributed by atoms with E-state index in [1.54, 1.807) is 25.4 Å². The van der Waals surface area contributed by atoms with Gasteiger partial charge < -0.3 is 15.5 Å². The van der Waals surface area contributed by atoms with Gasteiger partial charge in [-0.2, -0.15) is 13.2 Å². The summed E-state index contributed by atoms with van der Waals surface area (Å²) in [5.74, 6) is 0. The second kappa shape index (κ2) is 15.0. The number of hydrogen-bond acceptors (Lipinski definition) is 4. The molecule has 9 heteroatoms. The van der Waals surface area contributed by atoms with Crippen LogP contribution in [0.4, 0.5) is 29.3 Å². The minimum atomic E-state index is -4.52. The fourth-order valence-corrected chi connectivity index (χ4v) is 4.35. The first-order valence-corrected chi connectivity index (χ1v) is 14.2. The second-order valence-corrected chi connectivity index (χ2v) is 11.1. The predicted octanol–water partition coefficient (Wildman–Crippen LogP) is 8.59. The number of aromatic nitrogens is 1. The number of pyridine rings is 1. The van der Waals surface area contributed by atoms with Gasteiger partial charge in [0.2, 0.25) is 0 Å². The van der Waals surface area contributed by atoms with E-state index in [2.05, 4.69) is 42.5 Å². The van der Waals surface area contributed by atoms with Crippen LogP contribution in [-0.4, -0.2) is 49.8 Å². The van der Waals surface area contributed by atoms with Crippen LogP contribution >= 0.6 is 0 Å². The average Bonchev–Trinajstić information content (AvgIpc) is 2.90. The van der Waals surface area contributed by atoms with Gasteiger partial charge in [-0.05, 0) is 87.4 Å². The largest absolute Gasteiger partial charge is 0.416 e. The maximum absolute atomic E-state index is 13.7. The molecule has 0 fully saturated rings. The normalized spacial score (nSPS) is 11.8. The zero-order valence-electron chi connectivity index (χ0n) is 26.2. The Morgan fingerprint density at radius 3 is 2.12 bits per heavy atom. The lowest BCUT2D eigenvalue weighted by atomic mass is 9.88. The number of rotatable bonds is 8. The number of halogens is 3. The highest BCUT2D eigenvalue weighted by atomic mass is 19.4. The monoisotopic (exact) mass is 583 g/mol. The predicted molar refractivity (Wildman–Crippen MR) is 169 cm³/mol. The number of alkyl halides is 3. The lowest BCUT2D eigenvalue weighted by Crippen LogP contribution is -2.20. The van der Waals surface area contributed by atoms with E-state index in [1.807, 2.05) is 51.9 Å². The molecular formula is C33H44F3N5O. The van der Waals surface area contributed by atoms with E-state index >= 15 is 0 Å². The lowest BCUT2D eigenvalue weighted by Gasteiger charge is -2.21. The maximum atomic E-state index is 13.7. The van der Waals surface area contributed by atoms with Crippen LogP contribution in [0.5, 0.6) is 0 Å². The quantitative estimate of drug-likeness (QED) is 0.261. The van der Waals surface area contributed by atoms with Crippen molar-refractivity contribution in [2.75, 3.05) is 38.3 Å². The summed E-state index contributed by atoms with van der Waals surface area (Å²) in [6.07, 6.45) is -1.84. The number of nitrogens with one attached hydrogen (secondary N) is 2. The molecule has 42 heavy (non-hydrogen) atoms. The smallest absolute Gasteiger partial charge is 0.309 e. The van der Waals surface area contributed by atoms with Gasteiger partial charge >= 0.3 is 12.2 Å². The Hall–Kier alpha value is -3.72. The van der Waals surface area contributed by atoms with Crippen molar-refractivity contribution < 1.29 is 18.0 Å². The maximum Gasteiger partial charge on any atom is 0.416 e. The van der Waals surface area contributed by atoms with E-state index in [0.29, 0.717) is 25.1 Å². The molecule has 0 aliphatic heterocycles. The van der Waals surface area contributed by atoms with Crippen LogP contribution in [0.1, 0.15) is 69.1 Å². The van der Waals surface area contributed by atoms with E-state index in [9.17, 15) is 18.0 Å². The van der Waals surface area contributed by atoms with Gasteiger partial charge in [0, 0.05) is 47.0 Å². The van der Waals surface area contributed by atoms with Crippen molar-refractivity contribution >= 4 is 23.6 Å². The first-order chi connectivity index (χ1) is 19.7. The highest BCUT2D eigenvalue weighted by molar-refractivity contribution is 6.00. The van der Waals surface area contributed by atoms with E-state index in [0.717, 1.165) is 34.1 Å². The zero-order chi connectivity index (χ0) is 31.7. The number of carbonyl (C=O) groups is 1. The van der Waals surface area contributed by atoms with Crippen molar-refractivity contribution in [3.8, 4) is 11.1 Å². The third kappa shape index (κ3) is 9.69. The Kier molecular flexibility index (Phi) is 12.3. The molecule has 0 radical (unpaired) electrons. The number of aliphatic imine (C=N–C) groups is 1. The zero-order valence-corrected chi connectivity index (χ0v) is 26.2. The molecule has 0 aliphatic carbocycles. The molecule has 2 aromatic carbocycles. The van der Waals surface area contributed by atoms with Crippen molar-refractivity contribution in [1.82, 2.24) is 9.88 Å². The minimum absolute atomic E-state index is 0.0725. The molecule has 0 spiro atoms. The number of amides is 2. The van der Waals surface area contributed by atoms with Crippen molar-refractivity contribution in [2.24, 2.45) is 4.99 Å². The molecule has 0 unspecified atom stereocenters. The number of hydrogen-bond donors (Lipinski definition) is 2. The van der Waals surface area contributed by atoms with E-state index < -0.39 is 17.8 Å². The van der Waals surface area contributed by atoms with Crippen molar-refractivity contribution in [1.29, 1.82) is 0 Å². The molecule has 0 saturated carbocycles. The first-order valence-electron chi connectivity index (χ1n) is 14.2. The molecule has 2 amide bonds. The van der Waals surface area contributed by atoms with Crippen LogP contribution in [0, 0.1) is 6.92 Å². The van der Waals surface area contributed by atoms with Crippen LogP contribution in [0.2, 0.25) is 0 Å². The molecule has 0 bridgehead atoms. The lowest BCUT2D eigenvalue weighted by molar-refractivity contribution is -0.138. The highest BCUT2D eigenvalue weighted by Crippen LogP contribution is 2.35. The summed E-state index contributed by atoms with van der Waals surface area (Å²) in [6.45, 7) is 13.0. The number of aryl methyl sites for hydroxylation is 2. The third-order valence-corrected chi connectivity index (χ3v) is 6.45. The van der Waals surface area contributed by atoms with Crippen LogP contribution in [0.15, 0.2) is 53.5 Å². The van der Waals surface area contributed by atoms with Gasteiger partial charge in [-0.25, -0.2) is 4.79 Å². The third-order valence-electron chi connectivity index (χ3n) is 6.45. The van der Waals surface area contributed by atoms with Crippen LogP contribution in [0.3, 0.4) is 0 Å². The molecule has 3 aromatic rings. The number of carbonyl (C=O) groups excluding carboxylic acids is 1. The molecule has 0 atom stereocenters. The molecule has 0 saturated heterocycles. The summed E-state index contributed by atoms with van der Waals surface area (Å²) in [5.41, 5.74) is 4.56. The molecule has 6 nitrogen and oxygen atoms in total. The fourth-order valence-electron chi connectivity index (χ4n) is 4.35. The Bertz CT molecular complexity index is 1360. The highest BCUT2D eigenvalue weighted by Gasteiger charge is 2.33. The van der Waals surface area contributed by atoms with Crippen LogP contribution < -0.4 is 10.6 Å². The number of anilines is 2. The second-order valence-electron chi connectivity index (χ2n) is 11.1. The Balaban J connectivity index is 0.00000301. The number of urea groups is 1. The van der Waals surface area contributed by atoms with E-state index in [4.69, 9.17) is 4.98 Å². The van der Waals surface area contributed by atoms with E-state index in [-0.39, 0.29) is 16.7 Å². The SMILES string of the molecule is CC.CN=Cc1c(-c2ccc(NC(=O)Nc3ccc(CCCN(C)C)c(C(F)(F)F)c3)cc2)cc(C(C)(C)C)nc1C. The minimum Gasteiger partial charge on any atom is -0.309 e. The van der Waals surface area contributed by atoms with Crippen molar-refractivity contribution in [3.05, 3.63) is 76.6 Å². The van der Waals surface area contributed by atoms with Crippen LogP contribution in [0.25, 0.3) is 11.1 Å². The van der Waals surface area contributed by atoms with Gasteiger partial charge in [0.25, 0.3) is 0 Å². The molecular weight excluding hydrogens is 539 g/mol. The molecule has 228 valence electrons. The summed E-state index contributed by atoms with van der Waals surface area (Å²) < 4.78 is 41.2. The summed E-state index contributed by atoms with van der Waals surface area (Å²) in [5, 5.41) is 5.22. The number of nitrogens with zero attached hydrogens (tertiary/aromatic N) is 3. The summed E-state index contributed by atoms with van der Waals surface area (Å²) in [7, 11) is 5.47.